The molecule has 33 heavy (non-hydrogen) atoms. The van der Waals surface area contributed by atoms with Crippen molar-refractivity contribution in [1.29, 1.82) is 0 Å². The Morgan fingerprint density at radius 2 is 1.58 bits per heavy atom. The normalized spacial score (nSPS) is 10.8. The molecular formula is C27H24FN3O2. The summed E-state index contributed by atoms with van der Waals surface area (Å²) >= 11 is 0. The summed E-state index contributed by atoms with van der Waals surface area (Å²) in [5, 5.41) is 6.27. The van der Waals surface area contributed by atoms with Crippen molar-refractivity contribution in [2.45, 2.75) is 20.8 Å². The van der Waals surface area contributed by atoms with Crippen LogP contribution in [0.5, 0.6) is 0 Å². The Morgan fingerprint density at radius 1 is 0.909 bits per heavy atom. The monoisotopic (exact) mass is 441 g/mol. The second kappa shape index (κ2) is 9.20. The zero-order chi connectivity index (χ0) is 23.5. The number of pyridine rings is 1. The van der Waals surface area contributed by atoms with E-state index >= 15 is 0 Å². The number of hydrogen-bond donors (Lipinski definition) is 2. The van der Waals surface area contributed by atoms with Crippen molar-refractivity contribution in [1.82, 2.24) is 10.3 Å². The standard InChI is InChI=1S/C27H24FN3O2/c1-16-12-17(2)26(18(3)13-16)31-25(32)15-29-27(33)22-14-24(19-8-10-20(28)11-9-19)30-23-7-5-4-6-21(22)23/h4-14H,15H2,1-3H3,(H,29,33)(H,31,32). The number of nitrogens with one attached hydrogen (secondary N) is 2. The number of aromatic nitrogens is 1. The maximum Gasteiger partial charge on any atom is 0.252 e. The first-order chi connectivity index (χ1) is 15.8. The van der Waals surface area contributed by atoms with Gasteiger partial charge < -0.3 is 10.6 Å². The van der Waals surface area contributed by atoms with Gasteiger partial charge in [-0.3, -0.25) is 9.59 Å². The summed E-state index contributed by atoms with van der Waals surface area (Å²) in [6.45, 7) is 5.71. The van der Waals surface area contributed by atoms with Crippen molar-refractivity contribution in [3.63, 3.8) is 0 Å². The number of benzene rings is 3. The molecule has 1 aromatic heterocycles. The molecule has 0 aliphatic rings. The Hall–Kier alpha value is -4.06. The Bertz CT molecular complexity index is 1340. The number of carbonyl (C=O) groups is 2. The van der Waals surface area contributed by atoms with Crippen LogP contribution in [-0.4, -0.2) is 23.3 Å². The van der Waals surface area contributed by atoms with Gasteiger partial charge in [-0.25, -0.2) is 9.37 Å². The molecule has 0 bridgehead atoms. The van der Waals surface area contributed by atoms with Crippen molar-refractivity contribution in [3.8, 4) is 11.3 Å². The van der Waals surface area contributed by atoms with E-state index in [0.29, 0.717) is 27.7 Å². The molecule has 0 atom stereocenters. The van der Waals surface area contributed by atoms with Crippen LogP contribution in [0, 0.1) is 26.6 Å². The van der Waals surface area contributed by atoms with Gasteiger partial charge in [-0.05, 0) is 68.3 Å². The molecule has 0 aliphatic carbocycles. The quantitative estimate of drug-likeness (QED) is 0.439. The van der Waals surface area contributed by atoms with Gasteiger partial charge in [0.25, 0.3) is 5.91 Å². The SMILES string of the molecule is Cc1cc(C)c(NC(=O)CNC(=O)c2cc(-c3ccc(F)cc3)nc3ccccc23)c(C)c1. The van der Waals surface area contributed by atoms with E-state index in [1.54, 1.807) is 18.2 Å². The summed E-state index contributed by atoms with van der Waals surface area (Å²) in [4.78, 5) is 30.2. The van der Waals surface area contributed by atoms with E-state index in [4.69, 9.17) is 0 Å². The molecule has 0 aliphatic heterocycles. The average Bonchev–Trinajstić information content (AvgIpc) is 2.79. The van der Waals surface area contributed by atoms with E-state index in [1.165, 1.54) is 12.1 Å². The van der Waals surface area contributed by atoms with Gasteiger partial charge in [0.2, 0.25) is 5.91 Å². The number of halogens is 1. The number of anilines is 1. The first-order valence-corrected chi connectivity index (χ1v) is 10.6. The molecule has 4 aromatic rings. The fourth-order valence-electron chi connectivity index (χ4n) is 3.95. The minimum atomic E-state index is -0.385. The van der Waals surface area contributed by atoms with Gasteiger partial charge in [-0.15, -0.1) is 0 Å². The smallest absolute Gasteiger partial charge is 0.252 e. The highest BCUT2D eigenvalue weighted by Crippen LogP contribution is 2.25. The lowest BCUT2D eigenvalue weighted by Crippen LogP contribution is -2.33. The molecule has 0 saturated heterocycles. The van der Waals surface area contributed by atoms with Crippen LogP contribution in [0.15, 0.2) is 66.7 Å². The minimum absolute atomic E-state index is 0.172. The molecule has 2 N–H and O–H groups in total. The van der Waals surface area contributed by atoms with Crippen molar-refractivity contribution >= 4 is 28.4 Å². The number of carbonyl (C=O) groups excluding carboxylic acids is 2. The summed E-state index contributed by atoms with van der Waals surface area (Å²) in [7, 11) is 0. The van der Waals surface area contributed by atoms with Gasteiger partial charge in [-0.1, -0.05) is 35.9 Å². The molecule has 0 radical (unpaired) electrons. The van der Waals surface area contributed by atoms with Crippen molar-refractivity contribution < 1.29 is 14.0 Å². The number of amides is 2. The fourth-order valence-corrected chi connectivity index (χ4v) is 3.95. The summed E-state index contributed by atoms with van der Waals surface area (Å²) < 4.78 is 13.3. The third kappa shape index (κ3) is 4.90. The first kappa shape index (κ1) is 22.1. The molecule has 166 valence electrons. The molecule has 4 rings (SSSR count). The molecule has 0 fully saturated rings. The van der Waals surface area contributed by atoms with Crippen LogP contribution >= 0.6 is 0 Å². The Morgan fingerprint density at radius 3 is 2.27 bits per heavy atom. The van der Waals surface area contributed by atoms with Crippen molar-refractivity contribution in [3.05, 3.63) is 94.8 Å². The van der Waals surface area contributed by atoms with Gasteiger partial charge in [0.1, 0.15) is 5.82 Å². The lowest BCUT2D eigenvalue weighted by atomic mass is 10.0. The highest BCUT2D eigenvalue weighted by molar-refractivity contribution is 6.08. The average molecular weight is 442 g/mol. The van der Waals surface area contributed by atoms with Crippen LogP contribution in [0.25, 0.3) is 22.2 Å². The number of aryl methyl sites for hydroxylation is 3. The number of fused-ring (bicyclic) bond motifs is 1. The zero-order valence-electron chi connectivity index (χ0n) is 18.7. The van der Waals surface area contributed by atoms with Crippen molar-refractivity contribution in [2.75, 3.05) is 11.9 Å². The molecular weight excluding hydrogens is 417 g/mol. The third-order valence-electron chi connectivity index (χ3n) is 5.45. The fraction of sp³-hybridized carbons (Fsp3) is 0.148. The number of nitrogens with zero attached hydrogens (tertiary/aromatic N) is 1. The largest absolute Gasteiger partial charge is 0.343 e. The van der Waals surface area contributed by atoms with Crippen LogP contribution in [0.1, 0.15) is 27.0 Å². The van der Waals surface area contributed by atoms with Gasteiger partial charge in [0.15, 0.2) is 0 Å². The second-order valence-corrected chi connectivity index (χ2v) is 8.08. The predicted octanol–water partition coefficient (Wildman–Crippen LogP) is 5.33. The van der Waals surface area contributed by atoms with Gasteiger partial charge >= 0.3 is 0 Å². The first-order valence-electron chi connectivity index (χ1n) is 10.6. The number of para-hydroxylation sites is 1. The van der Waals surface area contributed by atoms with Crippen LogP contribution in [-0.2, 0) is 4.79 Å². The minimum Gasteiger partial charge on any atom is -0.343 e. The molecule has 1 heterocycles. The maximum absolute atomic E-state index is 13.3. The van der Waals surface area contributed by atoms with Crippen LogP contribution in [0.3, 0.4) is 0 Å². The van der Waals surface area contributed by atoms with E-state index < -0.39 is 0 Å². The van der Waals surface area contributed by atoms with Crippen LogP contribution < -0.4 is 10.6 Å². The Balaban J connectivity index is 1.56. The predicted molar refractivity (Wildman–Crippen MR) is 129 cm³/mol. The molecule has 3 aromatic carbocycles. The van der Waals surface area contributed by atoms with E-state index in [0.717, 1.165) is 22.4 Å². The van der Waals surface area contributed by atoms with Gasteiger partial charge in [0, 0.05) is 16.6 Å². The Labute approximate surface area is 191 Å². The molecule has 2 amide bonds. The van der Waals surface area contributed by atoms with E-state index in [1.807, 2.05) is 57.2 Å². The van der Waals surface area contributed by atoms with Crippen LogP contribution in [0.2, 0.25) is 0 Å². The summed E-state index contributed by atoms with van der Waals surface area (Å²) in [5.74, 6) is -1.04. The molecule has 6 heteroatoms. The highest BCUT2D eigenvalue weighted by Gasteiger charge is 2.16. The van der Waals surface area contributed by atoms with Gasteiger partial charge in [-0.2, -0.15) is 0 Å². The summed E-state index contributed by atoms with van der Waals surface area (Å²) in [6.07, 6.45) is 0. The maximum atomic E-state index is 13.3. The lowest BCUT2D eigenvalue weighted by molar-refractivity contribution is -0.115. The molecule has 0 saturated carbocycles. The number of rotatable bonds is 5. The van der Waals surface area contributed by atoms with E-state index in [-0.39, 0.29) is 24.2 Å². The van der Waals surface area contributed by atoms with Crippen molar-refractivity contribution in [2.24, 2.45) is 0 Å². The Kier molecular flexibility index (Phi) is 6.18. The zero-order valence-corrected chi connectivity index (χ0v) is 18.7. The lowest BCUT2D eigenvalue weighted by Gasteiger charge is -2.14. The summed E-state index contributed by atoms with van der Waals surface area (Å²) in [6, 6.07) is 18.9. The second-order valence-electron chi connectivity index (χ2n) is 8.08. The molecule has 0 spiro atoms. The topological polar surface area (TPSA) is 71.1 Å². The molecule has 0 unspecified atom stereocenters. The number of hydrogen-bond acceptors (Lipinski definition) is 3. The molecule has 5 nitrogen and oxygen atoms in total. The van der Waals surface area contributed by atoms with Crippen LogP contribution in [0.4, 0.5) is 10.1 Å². The van der Waals surface area contributed by atoms with Gasteiger partial charge in [0.05, 0.1) is 23.3 Å². The third-order valence-corrected chi connectivity index (χ3v) is 5.45. The van der Waals surface area contributed by atoms with E-state index in [2.05, 4.69) is 15.6 Å². The van der Waals surface area contributed by atoms with E-state index in [9.17, 15) is 14.0 Å². The highest BCUT2D eigenvalue weighted by atomic mass is 19.1. The summed E-state index contributed by atoms with van der Waals surface area (Å²) in [5.41, 5.74) is 6.10.